The van der Waals surface area contributed by atoms with Gasteiger partial charge in [0.2, 0.25) is 0 Å². The number of rotatable bonds is 7. The zero-order valence-electron chi connectivity index (χ0n) is 16.1. The van der Waals surface area contributed by atoms with E-state index < -0.39 is 11.6 Å². The van der Waals surface area contributed by atoms with Crippen LogP contribution in [0.2, 0.25) is 0 Å². The Kier molecular flexibility index (Phi) is 6.40. The maximum absolute atomic E-state index is 14.4. The van der Waals surface area contributed by atoms with Crippen molar-refractivity contribution >= 4 is 0 Å². The SMILES string of the molecule is CCCc1ccc(-c2ccc(OCc3ccc(CC)c(F)c3F)cc2)c(F)c1. The lowest BCUT2D eigenvalue weighted by molar-refractivity contribution is 0.297. The summed E-state index contributed by atoms with van der Waals surface area (Å²) in [7, 11) is 0. The molecule has 146 valence electrons. The van der Waals surface area contributed by atoms with Gasteiger partial charge in [-0.3, -0.25) is 0 Å². The maximum Gasteiger partial charge on any atom is 0.165 e. The Morgan fingerprint density at radius 1 is 0.786 bits per heavy atom. The average Bonchev–Trinajstić information content (AvgIpc) is 2.70. The molecule has 0 aliphatic carbocycles. The third-order valence-electron chi connectivity index (χ3n) is 4.75. The van der Waals surface area contributed by atoms with Gasteiger partial charge >= 0.3 is 0 Å². The van der Waals surface area contributed by atoms with E-state index in [0.29, 0.717) is 23.3 Å². The van der Waals surface area contributed by atoms with Crippen LogP contribution in [0.3, 0.4) is 0 Å². The molecule has 0 amide bonds. The molecule has 0 unspecified atom stereocenters. The van der Waals surface area contributed by atoms with Gasteiger partial charge in [-0.25, -0.2) is 13.2 Å². The zero-order chi connectivity index (χ0) is 20.1. The van der Waals surface area contributed by atoms with E-state index in [-0.39, 0.29) is 18.0 Å². The molecule has 0 saturated carbocycles. The van der Waals surface area contributed by atoms with Crippen LogP contribution in [0.1, 0.15) is 37.0 Å². The molecule has 0 N–H and O–H groups in total. The fourth-order valence-electron chi connectivity index (χ4n) is 3.14. The monoisotopic (exact) mass is 384 g/mol. The summed E-state index contributed by atoms with van der Waals surface area (Å²) in [5.74, 6) is -1.44. The molecule has 0 bridgehead atoms. The van der Waals surface area contributed by atoms with Crippen molar-refractivity contribution in [3.8, 4) is 16.9 Å². The Morgan fingerprint density at radius 3 is 2.11 bits per heavy atom. The largest absolute Gasteiger partial charge is 0.489 e. The van der Waals surface area contributed by atoms with Gasteiger partial charge in [0.05, 0.1) is 0 Å². The highest BCUT2D eigenvalue weighted by Gasteiger charge is 2.13. The van der Waals surface area contributed by atoms with Crippen LogP contribution in [0.25, 0.3) is 11.1 Å². The molecule has 0 spiro atoms. The van der Waals surface area contributed by atoms with Crippen molar-refractivity contribution in [1.82, 2.24) is 0 Å². The molecule has 0 aromatic heterocycles. The van der Waals surface area contributed by atoms with E-state index in [9.17, 15) is 13.2 Å². The van der Waals surface area contributed by atoms with Gasteiger partial charge in [0.1, 0.15) is 18.2 Å². The van der Waals surface area contributed by atoms with Gasteiger partial charge < -0.3 is 4.74 Å². The molecular formula is C24H23F3O. The number of benzene rings is 3. The molecule has 28 heavy (non-hydrogen) atoms. The lowest BCUT2D eigenvalue weighted by Gasteiger charge is -2.11. The van der Waals surface area contributed by atoms with Crippen LogP contribution in [-0.2, 0) is 19.4 Å². The second kappa shape index (κ2) is 8.96. The van der Waals surface area contributed by atoms with Crippen molar-refractivity contribution < 1.29 is 17.9 Å². The molecule has 0 aliphatic heterocycles. The Labute approximate surface area is 163 Å². The fourth-order valence-corrected chi connectivity index (χ4v) is 3.14. The van der Waals surface area contributed by atoms with Gasteiger partial charge in [-0.1, -0.05) is 56.7 Å². The predicted molar refractivity (Wildman–Crippen MR) is 106 cm³/mol. The molecule has 0 radical (unpaired) electrons. The number of halogens is 3. The molecule has 1 nitrogen and oxygen atoms in total. The molecule has 0 atom stereocenters. The van der Waals surface area contributed by atoms with Gasteiger partial charge in [0.15, 0.2) is 11.6 Å². The van der Waals surface area contributed by atoms with Crippen molar-refractivity contribution in [2.45, 2.75) is 39.7 Å². The van der Waals surface area contributed by atoms with Crippen LogP contribution >= 0.6 is 0 Å². The van der Waals surface area contributed by atoms with Crippen molar-refractivity contribution in [2.75, 3.05) is 0 Å². The highest BCUT2D eigenvalue weighted by molar-refractivity contribution is 5.65. The minimum Gasteiger partial charge on any atom is -0.489 e. The summed E-state index contributed by atoms with van der Waals surface area (Å²) in [6, 6.07) is 15.3. The Hall–Kier alpha value is -2.75. The summed E-state index contributed by atoms with van der Waals surface area (Å²) >= 11 is 0. The maximum atomic E-state index is 14.4. The molecule has 0 fully saturated rings. The predicted octanol–water partition coefficient (Wildman–Crippen LogP) is 6.86. The summed E-state index contributed by atoms with van der Waals surface area (Å²) in [6.07, 6.45) is 2.25. The first-order chi connectivity index (χ1) is 13.5. The second-order valence-electron chi connectivity index (χ2n) is 6.74. The van der Waals surface area contributed by atoms with Gasteiger partial charge in [-0.05, 0) is 47.7 Å². The Bertz CT molecular complexity index is 949. The highest BCUT2D eigenvalue weighted by Crippen LogP contribution is 2.27. The standard InChI is InChI=1S/C24H23F3O/c1-3-5-16-6-13-21(22(25)14-16)18-9-11-20(12-10-18)28-15-19-8-7-17(4-2)23(26)24(19)27/h6-14H,3-5,15H2,1-2H3. The first-order valence-corrected chi connectivity index (χ1v) is 9.50. The smallest absolute Gasteiger partial charge is 0.165 e. The van der Waals surface area contributed by atoms with Crippen LogP contribution in [0.4, 0.5) is 13.2 Å². The molecule has 0 aliphatic rings. The van der Waals surface area contributed by atoms with E-state index in [2.05, 4.69) is 6.92 Å². The third kappa shape index (κ3) is 4.38. The first-order valence-electron chi connectivity index (χ1n) is 9.50. The van der Waals surface area contributed by atoms with Gasteiger partial charge in [0.25, 0.3) is 0 Å². The topological polar surface area (TPSA) is 9.23 Å². The minimum atomic E-state index is -0.870. The van der Waals surface area contributed by atoms with E-state index in [1.165, 1.54) is 0 Å². The molecule has 3 rings (SSSR count). The van der Waals surface area contributed by atoms with Gasteiger partial charge in [-0.2, -0.15) is 0 Å². The van der Waals surface area contributed by atoms with Crippen LogP contribution in [0.5, 0.6) is 5.75 Å². The third-order valence-corrected chi connectivity index (χ3v) is 4.75. The molecular weight excluding hydrogens is 361 g/mol. The number of aryl methyl sites for hydroxylation is 2. The minimum absolute atomic E-state index is 0.0772. The second-order valence-corrected chi connectivity index (χ2v) is 6.74. The van der Waals surface area contributed by atoms with Crippen molar-refractivity contribution in [3.05, 3.63) is 88.7 Å². The summed E-state index contributed by atoms with van der Waals surface area (Å²) in [4.78, 5) is 0. The Morgan fingerprint density at radius 2 is 1.46 bits per heavy atom. The van der Waals surface area contributed by atoms with E-state index in [0.717, 1.165) is 24.0 Å². The summed E-state index contributed by atoms with van der Waals surface area (Å²) in [6.45, 7) is 3.75. The molecule has 0 saturated heterocycles. The zero-order valence-corrected chi connectivity index (χ0v) is 16.1. The normalized spacial score (nSPS) is 10.9. The fraction of sp³-hybridized carbons (Fsp3) is 0.250. The summed E-state index contributed by atoms with van der Waals surface area (Å²) < 4.78 is 47.9. The molecule has 4 heteroatoms. The van der Waals surface area contributed by atoms with Crippen molar-refractivity contribution in [3.63, 3.8) is 0 Å². The number of ether oxygens (including phenoxy) is 1. The van der Waals surface area contributed by atoms with Crippen molar-refractivity contribution in [2.24, 2.45) is 0 Å². The highest BCUT2D eigenvalue weighted by atomic mass is 19.2. The molecule has 3 aromatic carbocycles. The molecule has 0 heterocycles. The molecule has 3 aromatic rings. The number of hydrogen-bond donors (Lipinski definition) is 0. The average molecular weight is 384 g/mol. The van der Waals surface area contributed by atoms with E-state index in [1.807, 2.05) is 6.07 Å². The first kappa shape index (κ1) is 20.0. The lowest BCUT2D eigenvalue weighted by Crippen LogP contribution is -2.03. The van der Waals surface area contributed by atoms with Gasteiger partial charge in [-0.15, -0.1) is 0 Å². The van der Waals surface area contributed by atoms with E-state index in [4.69, 9.17) is 4.74 Å². The van der Waals surface area contributed by atoms with Crippen LogP contribution in [0.15, 0.2) is 54.6 Å². The van der Waals surface area contributed by atoms with Gasteiger partial charge in [0, 0.05) is 11.1 Å². The van der Waals surface area contributed by atoms with E-state index in [1.54, 1.807) is 55.5 Å². The number of hydrogen-bond acceptors (Lipinski definition) is 1. The quantitative estimate of drug-likeness (QED) is 0.432. The summed E-state index contributed by atoms with van der Waals surface area (Å²) in [5.41, 5.74) is 2.74. The summed E-state index contributed by atoms with van der Waals surface area (Å²) in [5, 5.41) is 0. The van der Waals surface area contributed by atoms with Crippen LogP contribution in [0, 0.1) is 17.5 Å². The lowest BCUT2D eigenvalue weighted by atomic mass is 10.0. The Balaban J connectivity index is 1.71. The van der Waals surface area contributed by atoms with E-state index >= 15 is 0 Å². The van der Waals surface area contributed by atoms with Crippen LogP contribution in [-0.4, -0.2) is 0 Å². The van der Waals surface area contributed by atoms with Crippen LogP contribution < -0.4 is 4.74 Å². The van der Waals surface area contributed by atoms with Crippen molar-refractivity contribution in [1.29, 1.82) is 0 Å².